The van der Waals surface area contributed by atoms with Crippen molar-refractivity contribution in [1.82, 2.24) is 14.4 Å². The lowest BCUT2D eigenvalue weighted by Crippen LogP contribution is -1.98. The quantitative estimate of drug-likeness (QED) is 0.202. The van der Waals surface area contributed by atoms with Crippen molar-refractivity contribution >= 4 is 70.7 Å². The van der Waals surface area contributed by atoms with Crippen molar-refractivity contribution < 1.29 is 0 Å². The summed E-state index contributed by atoms with van der Waals surface area (Å²) in [4.78, 5) is 10.5. The number of imidazole rings is 1. The summed E-state index contributed by atoms with van der Waals surface area (Å²) < 4.78 is 2.22. The molecule has 0 atom stereocenters. The molecule has 0 saturated carbocycles. The Morgan fingerprint density at radius 1 is 0.419 bits per heavy atom. The molecule has 8 aromatic carbocycles. The molecular formula is C40H23N3. The lowest BCUT2D eigenvalue weighted by Gasteiger charge is -2.15. The van der Waals surface area contributed by atoms with Gasteiger partial charge in [0, 0.05) is 10.9 Å². The Morgan fingerprint density at radius 3 is 2.00 bits per heavy atom. The number of hydrogen-bond donors (Lipinski definition) is 0. The predicted molar refractivity (Wildman–Crippen MR) is 180 cm³/mol. The van der Waals surface area contributed by atoms with E-state index in [-0.39, 0.29) is 0 Å². The van der Waals surface area contributed by atoms with Gasteiger partial charge in [0.2, 0.25) is 0 Å². The van der Waals surface area contributed by atoms with Crippen molar-refractivity contribution in [2.24, 2.45) is 0 Å². The zero-order chi connectivity index (χ0) is 28.1. The van der Waals surface area contributed by atoms with Crippen LogP contribution in [0.5, 0.6) is 0 Å². The summed E-state index contributed by atoms with van der Waals surface area (Å²) in [5.74, 6) is 0.898. The largest absolute Gasteiger partial charge is 0.276 e. The molecule has 0 aliphatic heterocycles. The summed E-state index contributed by atoms with van der Waals surface area (Å²) in [6.45, 7) is 0. The van der Waals surface area contributed by atoms with Gasteiger partial charge in [-0.2, -0.15) is 0 Å². The first kappa shape index (κ1) is 22.8. The van der Waals surface area contributed by atoms with E-state index in [9.17, 15) is 0 Å². The summed E-state index contributed by atoms with van der Waals surface area (Å²) >= 11 is 0. The Bertz CT molecular complexity index is 2720. The molecule has 10 rings (SSSR count). The van der Waals surface area contributed by atoms with Crippen LogP contribution in [0.4, 0.5) is 0 Å². The minimum Gasteiger partial charge on any atom is -0.276 e. The SMILES string of the molecule is c1ccc2cc(-c3nc4cc(-c5ccc6ccc7cccc8ccc5c6c78)ccc4c4nc5ccccc5n34)ccc2c1. The molecule has 3 heteroatoms. The highest BCUT2D eigenvalue weighted by Crippen LogP contribution is 2.40. The van der Waals surface area contributed by atoms with E-state index in [4.69, 9.17) is 9.97 Å². The number of para-hydroxylation sites is 2. The average Bonchev–Trinajstić information content (AvgIpc) is 3.46. The average molecular weight is 546 g/mol. The number of hydrogen-bond acceptors (Lipinski definition) is 2. The molecule has 0 spiro atoms. The molecule has 3 nitrogen and oxygen atoms in total. The summed E-state index contributed by atoms with van der Waals surface area (Å²) in [5, 5.41) is 11.2. The maximum absolute atomic E-state index is 5.37. The zero-order valence-electron chi connectivity index (χ0n) is 23.1. The molecule has 0 aliphatic carbocycles. The molecule has 43 heavy (non-hydrogen) atoms. The third kappa shape index (κ3) is 3.19. The van der Waals surface area contributed by atoms with Crippen molar-refractivity contribution in [1.29, 1.82) is 0 Å². The highest BCUT2D eigenvalue weighted by molar-refractivity contribution is 6.25. The third-order valence-electron chi connectivity index (χ3n) is 9.08. The number of aromatic nitrogens is 3. The maximum Gasteiger partial charge on any atom is 0.149 e. The Labute approximate surface area is 246 Å². The van der Waals surface area contributed by atoms with Gasteiger partial charge < -0.3 is 0 Å². The Morgan fingerprint density at radius 2 is 1.09 bits per heavy atom. The highest BCUT2D eigenvalue weighted by Gasteiger charge is 2.17. The first-order chi connectivity index (χ1) is 21.3. The molecule has 0 fully saturated rings. The number of nitrogens with zero attached hydrogens (tertiary/aromatic N) is 3. The van der Waals surface area contributed by atoms with Crippen LogP contribution in [0.3, 0.4) is 0 Å². The Hall–Kier alpha value is -5.80. The molecular weight excluding hydrogens is 522 g/mol. The van der Waals surface area contributed by atoms with Gasteiger partial charge in [-0.15, -0.1) is 0 Å². The Kier molecular flexibility index (Phi) is 4.45. The number of benzene rings is 8. The zero-order valence-corrected chi connectivity index (χ0v) is 23.1. The first-order valence-corrected chi connectivity index (χ1v) is 14.7. The lowest BCUT2D eigenvalue weighted by molar-refractivity contribution is 1.16. The van der Waals surface area contributed by atoms with Gasteiger partial charge in [0.1, 0.15) is 11.5 Å². The van der Waals surface area contributed by atoms with Gasteiger partial charge in [0.05, 0.1) is 16.6 Å². The van der Waals surface area contributed by atoms with E-state index in [1.54, 1.807) is 0 Å². The van der Waals surface area contributed by atoms with Crippen molar-refractivity contribution in [3.63, 3.8) is 0 Å². The van der Waals surface area contributed by atoms with E-state index < -0.39 is 0 Å². The van der Waals surface area contributed by atoms with Crippen molar-refractivity contribution in [2.75, 3.05) is 0 Å². The summed E-state index contributed by atoms with van der Waals surface area (Å²) in [5.41, 5.74) is 7.34. The van der Waals surface area contributed by atoms with Gasteiger partial charge in [-0.1, -0.05) is 109 Å². The predicted octanol–water partition coefficient (Wildman–Crippen LogP) is 10.4. The second kappa shape index (κ2) is 8.37. The molecule has 2 aromatic heterocycles. The van der Waals surface area contributed by atoms with Crippen LogP contribution in [0, 0.1) is 0 Å². The molecule has 0 aliphatic rings. The van der Waals surface area contributed by atoms with E-state index >= 15 is 0 Å². The van der Waals surface area contributed by atoms with Crippen LogP contribution in [0.25, 0.3) is 93.2 Å². The van der Waals surface area contributed by atoms with Crippen LogP contribution in [0.2, 0.25) is 0 Å². The summed E-state index contributed by atoms with van der Waals surface area (Å²) in [6, 6.07) is 50.2. The normalized spacial score (nSPS) is 12.2. The van der Waals surface area contributed by atoms with Gasteiger partial charge in [-0.05, 0) is 84.5 Å². The van der Waals surface area contributed by atoms with Gasteiger partial charge in [-0.25, -0.2) is 9.97 Å². The fraction of sp³-hybridized carbons (Fsp3) is 0. The molecule has 0 bridgehead atoms. The second-order valence-corrected chi connectivity index (χ2v) is 11.5. The first-order valence-electron chi connectivity index (χ1n) is 14.7. The van der Waals surface area contributed by atoms with E-state index in [0.717, 1.165) is 44.5 Å². The number of rotatable bonds is 2. The molecule has 10 aromatic rings. The van der Waals surface area contributed by atoms with Crippen LogP contribution in [0.1, 0.15) is 0 Å². The van der Waals surface area contributed by atoms with Crippen LogP contribution in [-0.4, -0.2) is 14.4 Å². The number of fused-ring (bicyclic) bond motifs is 6. The van der Waals surface area contributed by atoms with Gasteiger partial charge >= 0.3 is 0 Å². The van der Waals surface area contributed by atoms with Crippen LogP contribution in [0.15, 0.2) is 140 Å². The van der Waals surface area contributed by atoms with Crippen LogP contribution >= 0.6 is 0 Å². The van der Waals surface area contributed by atoms with Gasteiger partial charge in [0.15, 0.2) is 0 Å². The lowest BCUT2D eigenvalue weighted by atomic mass is 9.90. The van der Waals surface area contributed by atoms with Crippen molar-refractivity contribution in [3.05, 3.63) is 140 Å². The fourth-order valence-corrected chi connectivity index (χ4v) is 7.08. The highest BCUT2D eigenvalue weighted by atomic mass is 15.1. The van der Waals surface area contributed by atoms with Crippen LogP contribution < -0.4 is 0 Å². The fourth-order valence-electron chi connectivity index (χ4n) is 7.08. The van der Waals surface area contributed by atoms with E-state index in [0.29, 0.717) is 0 Å². The summed E-state index contributed by atoms with van der Waals surface area (Å²) in [6.07, 6.45) is 0. The molecule has 0 radical (unpaired) electrons. The van der Waals surface area contributed by atoms with E-state index in [1.165, 1.54) is 48.7 Å². The molecule has 0 N–H and O–H groups in total. The maximum atomic E-state index is 5.37. The molecule has 2 heterocycles. The van der Waals surface area contributed by atoms with Crippen molar-refractivity contribution in [2.45, 2.75) is 0 Å². The van der Waals surface area contributed by atoms with Gasteiger partial charge in [-0.3, -0.25) is 4.40 Å². The van der Waals surface area contributed by atoms with E-state index in [1.807, 2.05) is 6.07 Å². The van der Waals surface area contributed by atoms with Gasteiger partial charge in [0.25, 0.3) is 0 Å². The summed E-state index contributed by atoms with van der Waals surface area (Å²) in [7, 11) is 0. The molecule has 198 valence electrons. The minimum atomic E-state index is 0.898. The smallest absolute Gasteiger partial charge is 0.149 e. The Balaban J connectivity index is 1.27. The topological polar surface area (TPSA) is 30.2 Å². The third-order valence-corrected chi connectivity index (χ3v) is 9.08. The monoisotopic (exact) mass is 545 g/mol. The molecule has 0 unspecified atom stereocenters. The molecule has 0 amide bonds. The second-order valence-electron chi connectivity index (χ2n) is 11.5. The van der Waals surface area contributed by atoms with Crippen LogP contribution in [-0.2, 0) is 0 Å². The van der Waals surface area contributed by atoms with Crippen molar-refractivity contribution in [3.8, 4) is 22.5 Å². The van der Waals surface area contributed by atoms with E-state index in [2.05, 4.69) is 138 Å². The standard InChI is InChI=1S/C40H23N3/c1-2-7-28-22-30(15-12-24(28)6-1)39-42-35-23-29(18-21-33(35)40-41-34-10-3-4-11-36(34)43(39)40)31-19-16-27-14-13-25-8-5-9-26-17-20-32(31)38(27)37(25)26/h1-23H. The molecule has 0 saturated heterocycles. The minimum absolute atomic E-state index is 0.898.